The number of carbonyl (C=O) groups is 1. The van der Waals surface area contributed by atoms with Crippen molar-refractivity contribution in [3.05, 3.63) is 52.1 Å². The van der Waals surface area contributed by atoms with Gasteiger partial charge >= 0.3 is 0 Å². The van der Waals surface area contributed by atoms with Crippen LogP contribution in [0.15, 0.2) is 40.8 Å². The predicted octanol–water partition coefficient (Wildman–Crippen LogP) is 3.95. The summed E-state index contributed by atoms with van der Waals surface area (Å²) in [4.78, 5) is 32.5. The number of hydrogen-bond donors (Lipinski definition) is 0. The van der Waals surface area contributed by atoms with E-state index in [9.17, 15) is 19.2 Å². The maximum atomic E-state index is 13.3. The molecule has 0 N–H and O–H groups in total. The molecule has 3 aromatic rings. The van der Waals surface area contributed by atoms with Gasteiger partial charge in [0.2, 0.25) is 5.91 Å². The summed E-state index contributed by atoms with van der Waals surface area (Å²) in [6, 6.07) is 8.26. The van der Waals surface area contributed by atoms with E-state index in [0.29, 0.717) is 34.2 Å². The SMILES string of the molecule is CN(C(=O)Cn1cnc2scc(-c3ccc(F)cc3)c2c1=O)C1(C#N)CCCCC1. The average molecular weight is 425 g/mol. The molecule has 1 aliphatic rings. The zero-order chi connectivity index (χ0) is 21.3. The molecule has 4 rings (SSSR count). The van der Waals surface area contributed by atoms with Crippen molar-refractivity contribution < 1.29 is 9.18 Å². The third-order valence-electron chi connectivity index (χ3n) is 5.93. The number of halogens is 1. The molecule has 0 atom stereocenters. The molecule has 0 bridgehead atoms. The van der Waals surface area contributed by atoms with E-state index in [4.69, 9.17) is 0 Å². The quantitative estimate of drug-likeness (QED) is 0.635. The van der Waals surface area contributed by atoms with Crippen LogP contribution >= 0.6 is 11.3 Å². The lowest BCUT2D eigenvalue weighted by atomic mass is 9.81. The third kappa shape index (κ3) is 3.50. The Hall–Kier alpha value is -3.05. The van der Waals surface area contributed by atoms with Gasteiger partial charge in [-0.2, -0.15) is 5.26 Å². The Morgan fingerprint density at radius 3 is 2.67 bits per heavy atom. The maximum absolute atomic E-state index is 13.3. The summed E-state index contributed by atoms with van der Waals surface area (Å²) >= 11 is 1.33. The maximum Gasteiger partial charge on any atom is 0.263 e. The summed E-state index contributed by atoms with van der Waals surface area (Å²) < 4.78 is 14.6. The van der Waals surface area contributed by atoms with Crippen LogP contribution in [-0.2, 0) is 11.3 Å². The second-order valence-corrected chi connectivity index (χ2v) is 8.53. The van der Waals surface area contributed by atoms with Crippen LogP contribution in [0.5, 0.6) is 0 Å². The lowest BCUT2D eigenvalue weighted by Gasteiger charge is -2.39. The number of benzene rings is 1. The van der Waals surface area contributed by atoms with Crippen molar-refractivity contribution >= 4 is 27.5 Å². The molecule has 1 saturated carbocycles. The Labute approximate surface area is 177 Å². The van der Waals surface area contributed by atoms with Crippen LogP contribution in [0.4, 0.5) is 4.39 Å². The number of nitrogens with zero attached hydrogens (tertiary/aromatic N) is 4. The normalized spacial score (nSPS) is 15.6. The van der Waals surface area contributed by atoms with Crippen LogP contribution < -0.4 is 5.56 Å². The van der Waals surface area contributed by atoms with Crippen molar-refractivity contribution in [3.8, 4) is 17.2 Å². The minimum Gasteiger partial charge on any atom is -0.325 e. The van der Waals surface area contributed by atoms with Gasteiger partial charge in [0.1, 0.15) is 22.7 Å². The summed E-state index contributed by atoms with van der Waals surface area (Å²) in [5, 5.41) is 12.0. The smallest absolute Gasteiger partial charge is 0.263 e. The molecule has 0 unspecified atom stereocenters. The Balaban J connectivity index is 1.67. The van der Waals surface area contributed by atoms with Gasteiger partial charge in [-0.25, -0.2) is 9.37 Å². The Bertz CT molecular complexity index is 1190. The molecule has 1 fully saturated rings. The van der Waals surface area contributed by atoms with E-state index in [2.05, 4.69) is 11.1 Å². The van der Waals surface area contributed by atoms with E-state index in [1.807, 2.05) is 5.38 Å². The number of rotatable bonds is 4. The fourth-order valence-electron chi connectivity index (χ4n) is 4.07. The van der Waals surface area contributed by atoms with Crippen molar-refractivity contribution in [1.82, 2.24) is 14.5 Å². The molecular weight excluding hydrogens is 403 g/mol. The minimum absolute atomic E-state index is 0.180. The van der Waals surface area contributed by atoms with Gasteiger partial charge in [0, 0.05) is 18.0 Å². The molecule has 30 heavy (non-hydrogen) atoms. The van der Waals surface area contributed by atoms with E-state index in [-0.39, 0.29) is 23.8 Å². The molecular formula is C22H21FN4O2S. The molecule has 154 valence electrons. The van der Waals surface area contributed by atoms with Crippen molar-refractivity contribution in [3.63, 3.8) is 0 Å². The zero-order valence-electron chi connectivity index (χ0n) is 16.6. The summed E-state index contributed by atoms with van der Waals surface area (Å²) in [5.74, 6) is -0.642. The van der Waals surface area contributed by atoms with Gasteiger partial charge in [-0.15, -0.1) is 11.3 Å². The monoisotopic (exact) mass is 424 g/mol. The van der Waals surface area contributed by atoms with Crippen LogP contribution in [0, 0.1) is 17.1 Å². The molecule has 0 aliphatic heterocycles. The van der Waals surface area contributed by atoms with Gasteiger partial charge in [-0.3, -0.25) is 14.2 Å². The van der Waals surface area contributed by atoms with Gasteiger partial charge in [-0.05, 0) is 30.5 Å². The highest BCUT2D eigenvalue weighted by atomic mass is 32.1. The highest BCUT2D eigenvalue weighted by molar-refractivity contribution is 7.17. The molecule has 8 heteroatoms. The minimum atomic E-state index is -0.807. The highest BCUT2D eigenvalue weighted by Crippen LogP contribution is 2.33. The van der Waals surface area contributed by atoms with Crippen LogP contribution in [0.2, 0.25) is 0 Å². The van der Waals surface area contributed by atoms with Crippen LogP contribution in [0.3, 0.4) is 0 Å². The first-order valence-corrected chi connectivity index (χ1v) is 10.7. The Morgan fingerprint density at radius 1 is 1.30 bits per heavy atom. The summed E-state index contributed by atoms with van der Waals surface area (Å²) in [6.07, 6.45) is 5.56. The molecule has 0 spiro atoms. The molecule has 2 aromatic heterocycles. The van der Waals surface area contributed by atoms with E-state index in [0.717, 1.165) is 19.3 Å². The highest BCUT2D eigenvalue weighted by Gasteiger charge is 2.38. The summed E-state index contributed by atoms with van der Waals surface area (Å²) in [5.41, 5.74) is 0.256. The van der Waals surface area contributed by atoms with Crippen molar-refractivity contribution in [2.75, 3.05) is 7.05 Å². The first kappa shape index (κ1) is 20.2. The van der Waals surface area contributed by atoms with Crippen LogP contribution in [0.1, 0.15) is 32.1 Å². The number of thiophene rings is 1. The Morgan fingerprint density at radius 2 is 2.00 bits per heavy atom. The van der Waals surface area contributed by atoms with Crippen LogP contribution in [0.25, 0.3) is 21.3 Å². The number of fused-ring (bicyclic) bond motifs is 1. The summed E-state index contributed by atoms with van der Waals surface area (Å²) in [6.45, 7) is -0.180. The lowest BCUT2D eigenvalue weighted by molar-refractivity contribution is -0.135. The number of aromatic nitrogens is 2. The van der Waals surface area contributed by atoms with E-state index in [1.165, 1.54) is 39.3 Å². The fourth-order valence-corrected chi connectivity index (χ4v) is 4.98. The molecule has 1 aliphatic carbocycles. The zero-order valence-corrected chi connectivity index (χ0v) is 17.4. The standard InChI is InChI=1S/C22H21FN4O2S/c1-26(22(13-24)9-3-2-4-10-22)18(28)11-27-14-25-20-19(21(27)29)17(12-30-20)15-5-7-16(23)8-6-15/h5-8,12,14H,2-4,9-11H2,1H3. The third-order valence-corrected chi connectivity index (χ3v) is 6.81. The number of carbonyl (C=O) groups excluding carboxylic acids is 1. The molecule has 6 nitrogen and oxygen atoms in total. The topological polar surface area (TPSA) is 79.0 Å². The number of hydrogen-bond acceptors (Lipinski definition) is 5. The molecule has 1 aromatic carbocycles. The first-order valence-electron chi connectivity index (χ1n) is 9.86. The molecule has 0 saturated heterocycles. The van der Waals surface area contributed by atoms with Crippen molar-refractivity contribution in [2.24, 2.45) is 0 Å². The van der Waals surface area contributed by atoms with Crippen molar-refractivity contribution in [2.45, 2.75) is 44.2 Å². The molecule has 2 heterocycles. The number of nitriles is 1. The summed E-state index contributed by atoms with van der Waals surface area (Å²) in [7, 11) is 1.64. The fraction of sp³-hybridized carbons (Fsp3) is 0.364. The van der Waals surface area contributed by atoms with Crippen molar-refractivity contribution in [1.29, 1.82) is 5.26 Å². The van der Waals surface area contributed by atoms with Gasteiger partial charge in [0.25, 0.3) is 5.56 Å². The molecule has 1 amide bonds. The second kappa shape index (κ2) is 8.00. The second-order valence-electron chi connectivity index (χ2n) is 7.67. The van der Waals surface area contributed by atoms with E-state index >= 15 is 0 Å². The predicted molar refractivity (Wildman–Crippen MR) is 113 cm³/mol. The number of likely N-dealkylation sites (N-methyl/N-ethyl adjacent to an activating group) is 1. The van der Waals surface area contributed by atoms with Gasteiger partial charge < -0.3 is 4.90 Å². The number of amides is 1. The van der Waals surface area contributed by atoms with Gasteiger partial charge in [0.15, 0.2) is 0 Å². The average Bonchev–Trinajstić information content (AvgIpc) is 3.21. The van der Waals surface area contributed by atoms with E-state index in [1.54, 1.807) is 19.2 Å². The molecule has 0 radical (unpaired) electrons. The Kier molecular flexibility index (Phi) is 5.39. The van der Waals surface area contributed by atoms with Gasteiger partial charge in [0.05, 0.1) is 17.8 Å². The first-order chi connectivity index (χ1) is 14.4. The van der Waals surface area contributed by atoms with Gasteiger partial charge in [-0.1, -0.05) is 31.4 Å². The lowest BCUT2D eigenvalue weighted by Crippen LogP contribution is -2.51. The van der Waals surface area contributed by atoms with E-state index < -0.39 is 5.54 Å². The van der Waals surface area contributed by atoms with Crippen LogP contribution in [-0.4, -0.2) is 32.9 Å². The largest absolute Gasteiger partial charge is 0.325 e.